The highest BCUT2D eigenvalue weighted by Gasteiger charge is 2.22. The highest BCUT2D eigenvalue weighted by atomic mass is 32.2. The van der Waals surface area contributed by atoms with Crippen molar-refractivity contribution in [2.75, 3.05) is 6.26 Å². The quantitative estimate of drug-likeness (QED) is 0.507. The lowest BCUT2D eigenvalue weighted by atomic mass is 9.84. The fourth-order valence-electron chi connectivity index (χ4n) is 3.77. The second-order valence-corrected chi connectivity index (χ2v) is 11.4. The number of fused-ring (bicyclic) bond motifs is 1. The van der Waals surface area contributed by atoms with Gasteiger partial charge in [0.1, 0.15) is 5.58 Å². The second kappa shape index (κ2) is 7.40. The van der Waals surface area contributed by atoms with Crippen LogP contribution in [0.3, 0.4) is 0 Å². The van der Waals surface area contributed by atoms with Crippen LogP contribution in [0, 0.1) is 11.3 Å². The molecule has 0 radical (unpaired) electrons. The predicted molar refractivity (Wildman–Crippen MR) is 116 cm³/mol. The maximum Gasteiger partial charge on any atom is 0.176 e. The fourth-order valence-corrected chi connectivity index (χ4v) is 4.71. The van der Waals surface area contributed by atoms with E-state index < -0.39 is 9.84 Å². The van der Waals surface area contributed by atoms with E-state index in [9.17, 15) is 8.42 Å². The number of furan rings is 1. The van der Waals surface area contributed by atoms with Gasteiger partial charge in [0.25, 0.3) is 0 Å². The molecule has 0 N–H and O–H groups in total. The molecule has 0 aliphatic rings. The molecule has 0 saturated heterocycles. The molecule has 0 aliphatic heterocycles. The van der Waals surface area contributed by atoms with Crippen LogP contribution in [-0.2, 0) is 22.7 Å². The highest BCUT2D eigenvalue weighted by molar-refractivity contribution is 7.90. The Morgan fingerprint density at radius 1 is 1.04 bits per heavy atom. The Hall–Kier alpha value is -2.07. The second-order valence-electron chi connectivity index (χ2n) is 9.37. The van der Waals surface area contributed by atoms with Crippen molar-refractivity contribution < 1.29 is 12.8 Å². The topological polar surface area (TPSA) is 47.3 Å². The summed E-state index contributed by atoms with van der Waals surface area (Å²) in [5.74, 6) is 0.518. The first-order valence-electron chi connectivity index (χ1n) is 9.78. The van der Waals surface area contributed by atoms with E-state index in [4.69, 9.17) is 4.42 Å². The van der Waals surface area contributed by atoms with Gasteiger partial charge in [-0.25, -0.2) is 8.42 Å². The van der Waals surface area contributed by atoms with Crippen molar-refractivity contribution in [1.29, 1.82) is 0 Å². The van der Waals surface area contributed by atoms with Crippen molar-refractivity contribution >= 4 is 20.8 Å². The molecule has 0 saturated carbocycles. The van der Waals surface area contributed by atoms with Crippen LogP contribution in [0.1, 0.15) is 45.7 Å². The van der Waals surface area contributed by atoms with Crippen LogP contribution < -0.4 is 0 Å². The largest absolute Gasteiger partial charge is 0.464 e. The van der Waals surface area contributed by atoms with E-state index in [1.165, 1.54) is 11.8 Å². The first-order valence-corrected chi connectivity index (χ1v) is 11.7. The number of hydrogen-bond acceptors (Lipinski definition) is 3. The van der Waals surface area contributed by atoms with E-state index >= 15 is 0 Å². The van der Waals surface area contributed by atoms with Gasteiger partial charge in [0.15, 0.2) is 9.84 Å². The summed E-state index contributed by atoms with van der Waals surface area (Å²) in [6.45, 7) is 10.9. The van der Waals surface area contributed by atoms with E-state index in [1.54, 1.807) is 6.07 Å². The number of sulfone groups is 1. The molecule has 3 aromatic rings. The summed E-state index contributed by atoms with van der Waals surface area (Å²) in [5.41, 5.74) is 4.86. The highest BCUT2D eigenvalue weighted by Crippen LogP contribution is 2.37. The zero-order valence-electron chi connectivity index (χ0n) is 17.7. The molecule has 3 rings (SSSR count). The van der Waals surface area contributed by atoms with Crippen LogP contribution in [0.5, 0.6) is 0 Å². The van der Waals surface area contributed by atoms with Gasteiger partial charge >= 0.3 is 0 Å². The van der Waals surface area contributed by atoms with Gasteiger partial charge in [0.2, 0.25) is 0 Å². The van der Waals surface area contributed by atoms with Crippen LogP contribution in [0.15, 0.2) is 52.0 Å². The molecule has 0 aliphatic carbocycles. The molecule has 0 spiro atoms. The SMILES string of the molecule is CC(C)Cc1coc2ccc(-c3c(CC(C)(C)C)cccc3S(C)(=O)=O)cc12. The van der Waals surface area contributed by atoms with Crippen LogP contribution in [0.25, 0.3) is 22.1 Å². The molecule has 0 fully saturated rings. The normalized spacial score (nSPS) is 12.8. The maximum atomic E-state index is 12.6. The lowest BCUT2D eigenvalue weighted by Gasteiger charge is -2.22. The maximum absolute atomic E-state index is 12.6. The molecular weight excluding hydrogens is 368 g/mol. The van der Waals surface area contributed by atoms with Crippen LogP contribution >= 0.6 is 0 Å². The van der Waals surface area contributed by atoms with Crippen molar-refractivity contribution in [2.45, 2.75) is 52.4 Å². The van der Waals surface area contributed by atoms with E-state index in [0.717, 1.165) is 40.5 Å². The predicted octanol–water partition coefficient (Wildman–Crippen LogP) is 6.29. The fraction of sp³-hybridized carbons (Fsp3) is 0.417. The number of rotatable bonds is 5. The molecule has 150 valence electrons. The summed E-state index contributed by atoms with van der Waals surface area (Å²) in [5, 5.41) is 1.07. The van der Waals surface area contributed by atoms with Gasteiger partial charge in [-0.15, -0.1) is 0 Å². The minimum atomic E-state index is -3.35. The minimum absolute atomic E-state index is 0.0490. The Bertz CT molecular complexity index is 1100. The lowest BCUT2D eigenvalue weighted by molar-refractivity contribution is 0.411. The molecule has 0 bridgehead atoms. The van der Waals surface area contributed by atoms with E-state index in [1.807, 2.05) is 30.5 Å². The molecule has 0 unspecified atom stereocenters. The summed E-state index contributed by atoms with van der Waals surface area (Å²) in [6, 6.07) is 11.6. The first kappa shape index (κ1) is 20.7. The molecule has 0 atom stereocenters. The van der Waals surface area contributed by atoms with Crippen molar-refractivity contribution in [1.82, 2.24) is 0 Å². The third-order valence-corrected chi connectivity index (χ3v) is 5.94. The third kappa shape index (κ3) is 4.49. The number of benzene rings is 2. The Morgan fingerprint density at radius 2 is 1.75 bits per heavy atom. The van der Waals surface area contributed by atoms with E-state index in [-0.39, 0.29) is 5.41 Å². The molecule has 1 heterocycles. The van der Waals surface area contributed by atoms with Crippen molar-refractivity contribution in [3.05, 3.63) is 53.8 Å². The smallest absolute Gasteiger partial charge is 0.176 e. The van der Waals surface area contributed by atoms with Gasteiger partial charge in [-0.05, 0) is 59.1 Å². The summed E-state index contributed by atoms with van der Waals surface area (Å²) in [7, 11) is -3.35. The van der Waals surface area contributed by atoms with Crippen molar-refractivity contribution in [3.8, 4) is 11.1 Å². The van der Waals surface area contributed by atoms with Gasteiger partial charge in [-0.2, -0.15) is 0 Å². The molecule has 4 heteroatoms. The molecular formula is C24H30O3S. The monoisotopic (exact) mass is 398 g/mol. The van der Waals surface area contributed by atoms with Crippen LogP contribution in [0.4, 0.5) is 0 Å². The molecule has 1 aromatic heterocycles. The van der Waals surface area contributed by atoms with Crippen molar-refractivity contribution in [3.63, 3.8) is 0 Å². The molecule has 2 aromatic carbocycles. The first-order chi connectivity index (χ1) is 13.0. The summed E-state index contributed by atoms with van der Waals surface area (Å²) in [6.07, 6.45) is 4.84. The van der Waals surface area contributed by atoms with Gasteiger partial charge in [-0.1, -0.05) is 52.8 Å². The van der Waals surface area contributed by atoms with E-state index in [2.05, 4.69) is 40.7 Å². The summed E-state index contributed by atoms with van der Waals surface area (Å²) >= 11 is 0. The third-order valence-electron chi connectivity index (χ3n) is 4.80. The molecule has 0 amide bonds. The standard InChI is InChI=1S/C24H30O3S/c1-16(2)12-19-15-27-21-11-10-17(13-20(19)21)23-18(14-24(3,4)5)8-7-9-22(23)28(6,25)26/h7-11,13,15-16H,12,14H2,1-6H3. The zero-order valence-corrected chi connectivity index (χ0v) is 18.5. The average Bonchev–Trinajstić information content (AvgIpc) is 2.94. The van der Waals surface area contributed by atoms with Crippen LogP contribution in [-0.4, -0.2) is 14.7 Å². The zero-order chi connectivity index (χ0) is 20.7. The Morgan fingerprint density at radius 3 is 2.36 bits per heavy atom. The van der Waals surface area contributed by atoms with Gasteiger partial charge < -0.3 is 4.42 Å². The lowest BCUT2D eigenvalue weighted by Crippen LogP contribution is -2.12. The summed E-state index contributed by atoms with van der Waals surface area (Å²) < 4.78 is 30.8. The van der Waals surface area contributed by atoms with Gasteiger partial charge in [0, 0.05) is 17.2 Å². The number of hydrogen-bond donors (Lipinski definition) is 0. The van der Waals surface area contributed by atoms with Gasteiger partial charge in [-0.3, -0.25) is 0 Å². The Kier molecular flexibility index (Phi) is 5.46. The minimum Gasteiger partial charge on any atom is -0.464 e. The van der Waals surface area contributed by atoms with Crippen molar-refractivity contribution in [2.24, 2.45) is 11.3 Å². The summed E-state index contributed by atoms with van der Waals surface area (Å²) in [4.78, 5) is 0.391. The van der Waals surface area contributed by atoms with Gasteiger partial charge in [0.05, 0.1) is 11.2 Å². The average molecular weight is 399 g/mol. The van der Waals surface area contributed by atoms with E-state index in [0.29, 0.717) is 10.8 Å². The molecule has 3 nitrogen and oxygen atoms in total. The van der Waals surface area contributed by atoms with Crippen LogP contribution in [0.2, 0.25) is 0 Å². The Labute approximate surface area is 168 Å². The molecule has 28 heavy (non-hydrogen) atoms. The Balaban J connectivity index is 2.26.